The lowest BCUT2D eigenvalue weighted by atomic mass is 10.1. The van der Waals surface area contributed by atoms with E-state index in [1.54, 1.807) is 42.5 Å². The Hall–Kier alpha value is -5.27. The van der Waals surface area contributed by atoms with Crippen molar-refractivity contribution in [2.24, 2.45) is 0 Å². The predicted molar refractivity (Wildman–Crippen MR) is 170 cm³/mol. The van der Waals surface area contributed by atoms with Gasteiger partial charge in [-0.3, -0.25) is 20.3 Å². The molecule has 46 heavy (non-hydrogen) atoms. The molecule has 13 nitrogen and oxygen atoms in total. The minimum Gasteiger partial charge on any atom is -0.461 e. The molecule has 2 amide bonds. The summed E-state index contributed by atoms with van der Waals surface area (Å²) in [5.41, 5.74) is 6.61. The second kappa shape index (κ2) is 15.1. The normalized spacial score (nSPS) is 10.8. The topological polar surface area (TPSA) is 155 Å². The van der Waals surface area contributed by atoms with Gasteiger partial charge in [0.1, 0.15) is 24.5 Å². The molecule has 15 heteroatoms. The van der Waals surface area contributed by atoms with Crippen LogP contribution >= 0.6 is 23.2 Å². The Bertz CT molecular complexity index is 1810. The average molecular weight is 664 g/mol. The average Bonchev–Trinajstić information content (AvgIpc) is 3.71. The molecule has 2 N–H and O–H groups in total. The summed E-state index contributed by atoms with van der Waals surface area (Å²) in [5, 5.41) is 14.5. The molecule has 0 aliphatic heterocycles. The summed E-state index contributed by atoms with van der Waals surface area (Å²) in [5.74, 6) is -0.449. The first-order valence-electron chi connectivity index (χ1n) is 14.0. The van der Waals surface area contributed by atoms with Crippen molar-refractivity contribution in [2.45, 2.75) is 32.3 Å². The minimum absolute atomic E-state index is 0.00467. The van der Waals surface area contributed by atoms with Crippen LogP contribution in [-0.4, -0.2) is 54.9 Å². The molecule has 0 bridgehead atoms. The maximum absolute atomic E-state index is 13.2. The van der Waals surface area contributed by atoms with E-state index in [2.05, 4.69) is 36.0 Å². The van der Waals surface area contributed by atoms with Crippen molar-refractivity contribution < 1.29 is 23.9 Å². The van der Waals surface area contributed by atoms with Crippen molar-refractivity contribution in [1.29, 1.82) is 0 Å². The van der Waals surface area contributed by atoms with Crippen LogP contribution in [0.1, 0.15) is 29.8 Å². The van der Waals surface area contributed by atoms with Crippen LogP contribution in [0.2, 0.25) is 10.2 Å². The quantitative estimate of drug-likeness (QED) is 0.167. The van der Waals surface area contributed by atoms with Gasteiger partial charge in [-0.05, 0) is 58.3 Å². The van der Waals surface area contributed by atoms with Crippen molar-refractivity contribution >= 4 is 46.9 Å². The summed E-state index contributed by atoms with van der Waals surface area (Å²) < 4.78 is 12.9. The SMILES string of the molecule is COC(=O)Nc1ccc(-c2nc(CCC(=O)OCc3ccccc3)n(NC(=O)CCc3cc(Cl)ccc3-n3cnnn3)c2Cl)cc1. The third kappa shape index (κ3) is 8.25. The third-order valence-electron chi connectivity index (χ3n) is 6.77. The van der Waals surface area contributed by atoms with E-state index in [4.69, 9.17) is 27.9 Å². The fourth-order valence-electron chi connectivity index (χ4n) is 4.49. The van der Waals surface area contributed by atoms with Crippen molar-refractivity contribution in [2.75, 3.05) is 17.9 Å². The third-order valence-corrected chi connectivity index (χ3v) is 7.35. The van der Waals surface area contributed by atoms with Gasteiger partial charge in [0.25, 0.3) is 0 Å². The number of aryl methyl sites for hydroxylation is 2. The number of nitrogens with one attached hydrogen (secondary N) is 2. The monoisotopic (exact) mass is 662 g/mol. The number of aromatic nitrogens is 6. The number of amides is 2. The Morgan fingerprint density at radius 3 is 2.43 bits per heavy atom. The molecule has 0 atom stereocenters. The fraction of sp³-hybridized carbons (Fsp3) is 0.194. The number of hydrogen-bond donors (Lipinski definition) is 2. The number of nitrogens with zero attached hydrogens (tertiary/aromatic N) is 6. The van der Waals surface area contributed by atoms with Crippen molar-refractivity contribution in [3.05, 3.63) is 106 Å². The number of methoxy groups -OCH3 is 1. The largest absolute Gasteiger partial charge is 0.461 e. The highest BCUT2D eigenvalue weighted by molar-refractivity contribution is 6.32. The summed E-state index contributed by atoms with van der Waals surface area (Å²) in [7, 11) is 1.27. The fourth-order valence-corrected chi connectivity index (χ4v) is 4.98. The van der Waals surface area contributed by atoms with E-state index in [0.717, 1.165) is 11.1 Å². The predicted octanol–water partition coefficient (Wildman–Crippen LogP) is 5.39. The number of ether oxygens (including phenoxy) is 2. The molecule has 236 valence electrons. The van der Waals surface area contributed by atoms with Crippen LogP contribution in [0.15, 0.2) is 79.1 Å². The number of imidazole rings is 1. The first-order chi connectivity index (χ1) is 22.3. The number of benzene rings is 3. The van der Waals surface area contributed by atoms with Gasteiger partial charge in [-0.25, -0.2) is 19.1 Å². The Kier molecular flexibility index (Phi) is 10.6. The van der Waals surface area contributed by atoms with E-state index in [0.29, 0.717) is 39.9 Å². The lowest BCUT2D eigenvalue weighted by Gasteiger charge is -2.12. The van der Waals surface area contributed by atoms with Gasteiger partial charge in [-0.15, -0.1) is 5.10 Å². The van der Waals surface area contributed by atoms with Crippen molar-refractivity contribution in [3.8, 4) is 16.9 Å². The number of anilines is 1. The van der Waals surface area contributed by atoms with Gasteiger partial charge >= 0.3 is 12.1 Å². The van der Waals surface area contributed by atoms with E-state index in [9.17, 15) is 14.4 Å². The number of halogens is 2. The molecule has 0 aliphatic carbocycles. The van der Waals surface area contributed by atoms with Gasteiger partial charge in [0.15, 0.2) is 5.15 Å². The highest BCUT2D eigenvalue weighted by Crippen LogP contribution is 2.30. The number of carbonyl (C=O) groups is 3. The summed E-state index contributed by atoms with van der Waals surface area (Å²) in [4.78, 5) is 42.1. The second-order valence-corrected chi connectivity index (χ2v) is 10.7. The highest BCUT2D eigenvalue weighted by Gasteiger charge is 2.21. The Morgan fingerprint density at radius 2 is 1.72 bits per heavy atom. The van der Waals surface area contributed by atoms with Gasteiger partial charge in [-0.2, -0.15) is 0 Å². The molecular weight excluding hydrogens is 635 g/mol. The van der Waals surface area contributed by atoms with Gasteiger partial charge < -0.3 is 9.47 Å². The molecule has 0 spiro atoms. The van der Waals surface area contributed by atoms with E-state index in [1.807, 2.05) is 30.3 Å². The van der Waals surface area contributed by atoms with Crippen LogP contribution in [0.25, 0.3) is 16.9 Å². The first-order valence-corrected chi connectivity index (χ1v) is 14.8. The van der Waals surface area contributed by atoms with E-state index in [-0.39, 0.29) is 36.9 Å². The molecule has 5 rings (SSSR count). The smallest absolute Gasteiger partial charge is 0.411 e. The van der Waals surface area contributed by atoms with E-state index in [1.165, 1.54) is 22.8 Å². The number of esters is 1. The second-order valence-electron chi connectivity index (χ2n) is 9.91. The van der Waals surface area contributed by atoms with Gasteiger partial charge in [0.2, 0.25) is 5.91 Å². The maximum Gasteiger partial charge on any atom is 0.411 e. The molecule has 0 saturated carbocycles. The van der Waals surface area contributed by atoms with Gasteiger partial charge in [-0.1, -0.05) is 65.7 Å². The molecule has 5 aromatic rings. The zero-order chi connectivity index (χ0) is 32.5. The molecule has 0 saturated heterocycles. The Labute approximate surface area is 273 Å². The van der Waals surface area contributed by atoms with E-state index >= 15 is 0 Å². The van der Waals surface area contributed by atoms with Crippen LogP contribution in [0.3, 0.4) is 0 Å². The van der Waals surface area contributed by atoms with Crippen LogP contribution < -0.4 is 10.7 Å². The number of tetrazole rings is 1. The van der Waals surface area contributed by atoms with Gasteiger partial charge in [0, 0.05) is 29.1 Å². The van der Waals surface area contributed by atoms with E-state index < -0.39 is 12.1 Å². The van der Waals surface area contributed by atoms with Crippen LogP contribution in [0.5, 0.6) is 0 Å². The zero-order valence-electron chi connectivity index (χ0n) is 24.5. The van der Waals surface area contributed by atoms with Crippen LogP contribution in [0, 0.1) is 0 Å². The summed E-state index contributed by atoms with van der Waals surface area (Å²) >= 11 is 13.0. The summed E-state index contributed by atoms with van der Waals surface area (Å²) in [6, 6.07) is 21.3. The molecular formula is C31H28Cl2N8O5. The zero-order valence-corrected chi connectivity index (χ0v) is 26.0. The Morgan fingerprint density at radius 1 is 0.935 bits per heavy atom. The summed E-state index contributed by atoms with van der Waals surface area (Å²) in [6.07, 6.45) is 1.35. The molecule has 3 aromatic carbocycles. The molecule has 0 aliphatic rings. The van der Waals surface area contributed by atoms with Gasteiger partial charge in [0.05, 0.1) is 19.2 Å². The maximum atomic E-state index is 13.2. The number of rotatable bonds is 12. The van der Waals surface area contributed by atoms with Crippen LogP contribution in [0.4, 0.5) is 10.5 Å². The number of hydrogen-bond acceptors (Lipinski definition) is 9. The number of carbonyl (C=O) groups excluding carboxylic acids is 3. The van der Waals surface area contributed by atoms with Crippen LogP contribution in [-0.2, 0) is 38.5 Å². The van der Waals surface area contributed by atoms with Crippen molar-refractivity contribution in [1.82, 2.24) is 29.9 Å². The Balaban J connectivity index is 1.33. The van der Waals surface area contributed by atoms with Crippen molar-refractivity contribution in [3.63, 3.8) is 0 Å². The highest BCUT2D eigenvalue weighted by atomic mass is 35.5. The molecule has 0 unspecified atom stereocenters. The first kappa shape index (κ1) is 32.1. The molecule has 0 fully saturated rings. The molecule has 2 heterocycles. The lowest BCUT2D eigenvalue weighted by molar-refractivity contribution is -0.144. The molecule has 0 radical (unpaired) electrons. The standard InChI is InChI=1S/C31H28Cl2N8O5/c1-45-31(44)35-24-11-7-21(8-12-24)29-30(33)41(26(36-29)14-16-28(43)46-18-20-5-3-2-4-6-20)37-27(42)15-9-22-17-23(32)10-13-25(22)40-19-34-38-39-40/h2-8,10-13,17,19H,9,14-16,18H2,1H3,(H,35,44)(H,37,42). The molecule has 2 aromatic heterocycles. The summed E-state index contributed by atoms with van der Waals surface area (Å²) in [6.45, 7) is 0.138. The minimum atomic E-state index is -0.609. The lowest BCUT2D eigenvalue weighted by Crippen LogP contribution is -2.25.